The Hall–Kier alpha value is -2.70. The Morgan fingerprint density at radius 1 is 1.29 bits per heavy atom. The molecule has 1 rings (SSSR count). The summed E-state index contributed by atoms with van der Waals surface area (Å²) < 4.78 is 63.0. The SMILES string of the molecule is N#C/C(=N\Nc1cccc(C(F)(F)C(F)(F)F)c1)C(=N)N. The van der Waals surface area contributed by atoms with Crippen molar-refractivity contribution in [2.45, 2.75) is 12.1 Å². The summed E-state index contributed by atoms with van der Waals surface area (Å²) in [6.07, 6.45) is -5.73. The number of nitrogens with one attached hydrogen (secondary N) is 2. The molecule has 0 spiro atoms. The van der Waals surface area contributed by atoms with Crippen LogP contribution in [0.3, 0.4) is 0 Å². The number of hydrazone groups is 1. The average molecular weight is 305 g/mol. The lowest BCUT2D eigenvalue weighted by Crippen LogP contribution is -2.33. The van der Waals surface area contributed by atoms with Gasteiger partial charge in [-0.25, -0.2) is 0 Å². The summed E-state index contributed by atoms with van der Waals surface area (Å²) in [7, 11) is 0. The lowest BCUT2D eigenvalue weighted by molar-refractivity contribution is -0.289. The minimum atomic E-state index is -5.73. The molecule has 0 bridgehead atoms. The van der Waals surface area contributed by atoms with Crippen LogP contribution in [-0.4, -0.2) is 17.7 Å². The molecule has 4 N–H and O–H groups in total. The molecule has 0 heterocycles. The number of amidine groups is 1. The van der Waals surface area contributed by atoms with Gasteiger partial charge in [-0.1, -0.05) is 12.1 Å². The second kappa shape index (κ2) is 5.74. The zero-order valence-corrected chi connectivity index (χ0v) is 10.2. The molecule has 0 fully saturated rings. The van der Waals surface area contributed by atoms with Crippen molar-refractivity contribution in [3.05, 3.63) is 29.8 Å². The van der Waals surface area contributed by atoms with E-state index in [0.717, 1.165) is 12.1 Å². The molecule has 112 valence electrons. The number of nitrogens with two attached hydrogens (primary N) is 1. The Labute approximate surface area is 115 Å². The van der Waals surface area contributed by atoms with E-state index in [1.165, 1.54) is 6.07 Å². The lowest BCUT2D eigenvalue weighted by Gasteiger charge is -2.20. The Bertz CT molecular complexity index is 614. The third-order valence-electron chi connectivity index (χ3n) is 2.24. The first kappa shape index (κ1) is 16.4. The maximum atomic E-state index is 13.1. The summed E-state index contributed by atoms with van der Waals surface area (Å²) in [6, 6.07) is 4.72. The predicted octanol–water partition coefficient (Wildman–Crippen LogP) is 2.57. The van der Waals surface area contributed by atoms with Gasteiger partial charge in [-0.05, 0) is 12.1 Å². The fraction of sp³-hybridized carbons (Fsp3) is 0.182. The van der Waals surface area contributed by atoms with Crippen molar-refractivity contribution in [1.82, 2.24) is 0 Å². The Balaban J connectivity index is 3.08. The molecule has 5 nitrogen and oxygen atoms in total. The molecule has 10 heteroatoms. The maximum Gasteiger partial charge on any atom is 0.458 e. The first-order chi connectivity index (χ1) is 9.59. The van der Waals surface area contributed by atoms with E-state index in [1.807, 2.05) is 0 Å². The van der Waals surface area contributed by atoms with Gasteiger partial charge in [0.15, 0.2) is 5.84 Å². The van der Waals surface area contributed by atoms with Crippen molar-refractivity contribution in [2.75, 3.05) is 5.43 Å². The third-order valence-corrected chi connectivity index (χ3v) is 2.24. The summed E-state index contributed by atoms with van der Waals surface area (Å²) >= 11 is 0. The molecule has 21 heavy (non-hydrogen) atoms. The summed E-state index contributed by atoms with van der Waals surface area (Å²) in [4.78, 5) is 0. The topological polar surface area (TPSA) is 98.0 Å². The van der Waals surface area contributed by atoms with E-state index in [9.17, 15) is 22.0 Å². The highest BCUT2D eigenvalue weighted by Gasteiger charge is 2.58. The first-order valence-corrected chi connectivity index (χ1v) is 5.23. The molecular formula is C11H8F5N5. The van der Waals surface area contributed by atoms with Gasteiger partial charge in [0.05, 0.1) is 5.69 Å². The van der Waals surface area contributed by atoms with Crippen molar-refractivity contribution in [3.63, 3.8) is 0 Å². The van der Waals surface area contributed by atoms with Crippen molar-refractivity contribution < 1.29 is 22.0 Å². The van der Waals surface area contributed by atoms with E-state index in [4.69, 9.17) is 16.4 Å². The van der Waals surface area contributed by atoms with Crippen LogP contribution in [0.15, 0.2) is 29.4 Å². The van der Waals surface area contributed by atoms with Crippen LogP contribution in [0.2, 0.25) is 0 Å². The van der Waals surface area contributed by atoms with Crippen molar-refractivity contribution in [1.29, 1.82) is 10.7 Å². The fourth-order valence-electron chi connectivity index (χ4n) is 1.21. The minimum absolute atomic E-state index is 0.217. The highest BCUT2D eigenvalue weighted by atomic mass is 19.4. The summed E-state index contributed by atoms with van der Waals surface area (Å²) in [5, 5.41) is 18.8. The van der Waals surface area contributed by atoms with E-state index >= 15 is 0 Å². The minimum Gasteiger partial charge on any atom is -0.382 e. The monoisotopic (exact) mass is 305 g/mol. The van der Waals surface area contributed by atoms with Crippen molar-refractivity contribution in [3.8, 4) is 6.07 Å². The van der Waals surface area contributed by atoms with Crippen LogP contribution in [0.25, 0.3) is 0 Å². The number of benzene rings is 1. The normalized spacial score (nSPS) is 12.7. The molecule has 0 amide bonds. The number of nitriles is 1. The Morgan fingerprint density at radius 3 is 2.38 bits per heavy atom. The van der Waals surface area contributed by atoms with Crippen LogP contribution in [0.4, 0.5) is 27.6 Å². The van der Waals surface area contributed by atoms with Crippen LogP contribution in [0, 0.1) is 16.7 Å². The molecule has 0 unspecified atom stereocenters. The molecule has 0 saturated heterocycles. The number of halogens is 5. The number of hydrogen-bond acceptors (Lipinski definition) is 4. The van der Waals surface area contributed by atoms with Gasteiger partial charge in [-0.15, -0.1) is 0 Å². The predicted molar refractivity (Wildman–Crippen MR) is 65.0 cm³/mol. The number of hydrogen-bond donors (Lipinski definition) is 3. The van der Waals surface area contributed by atoms with Crippen LogP contribution in [0.5, 0.6) is 0 Å². The zero-order chi connectivity index (χ0) is 16.3. The number of alkyl halides is 5. The molecule has 1 aromatic rings. The zero-order valence-electron chi connectivity index (χ0n) is 10.2. The fourth-order valence-corrected chi connectivity index (χ4v) is 1.21. The van der Waals surface area contributed by atoms with E-state index in [1.54, 1.807) is 0 Å². The molecule has 0 aliphatic rings. The standard InChI is InChI=1S/C11H8F5N5/c12-10(13,11(14,15)16)6-2-1-3-7(4-6)20-21-8(5-17)9(18)19/h1-4,20H,(H3,18,19)/b21-8+. The third kappa shape index (κ3) is 3.65. The first-order valence-electron chi connectivity index (χ1n) is 5.23. The largest absolute Gasteiger partial charge is 0.458 e. The Morgan fingerprint density at radius 2 is 1.90 bits per heavy atom. The van der Waals surface area contributed by atoms with Gasteiger partial charge in [-0.2, -0.15) is 32.3 Å². The molecule has 0 aliphatic carbocycles. The van der Waals surface area contributed by atoms with E-state index < -0.39 is 29.2 Å². The number of nitrogens with zero attached hydrogens (tertiary/aromatic N) is 2. The molecule has 0 atom stereocenters. The summed E-state index contributed by atoms with van der Waals surface area (Å²) in [6.45, 7) is 0. The molecule has 0 saturated carbocycles. The van der Waals surface area contributed by atoms with Crippen molar-refractivity contribution >= 4 is 17.2 Å². The number of anilines is 1. The van der Waals surface area contributed by atoms with E-state index in [-0.39, 0.29) is 5.69 Å². The quantitative estimate of drug-likeness (QED) is 0.345. The van der Waals surface area contributed by atoms with Crippen molar-refractivity contribution in [2.24, 2.45) is 10.8 Å². The molecule has 0 radical (unpaired) electrons. The number of rotatable bonds is 4. The summed E-state index contributed by atoms with van der Waals surface area (Å²) in [5.41, 5.74) is 5.04. The molecular weight excluding hydrogens is 297 g/mol. The van der Waals surface area contributed by atoms with Crippen LogP contribution < -0.4 is 11.2 Å². The highest BCUT2D eigenvalue weighted by molar-refractivity contribution is 6.45. The molecule has 0 aliphatic heterocycles. The van der Waals surface area contributed by atoms with Gasteiger partial charge in [0, 0.05) is 5.56 Å². The van der Waals surface area contributed by atoms with Gasteiger partial charge >= 0.3 is 12.1 Å². The van der Waals surface area contributed by atoms with Gasteiger partial charge in [0.2, 0.25) is 5.71 Å². The van der Waals surface area contributed by atoms with Crippen LogP contribution >= 0.6 is 0 Å². The van der Waals surface area contributed by atoms with Crippen LogP contribution in [0.1, 0.15) is 5.56 Å². The maximum absolute atomic E-state index is 13.1. The second-order valence-electron chi connectivity index (χ2n) is 3.75. The van der Waals surface area contributed by atoms with Gasteiger partial charge in [0.25, 0.3) is 0 Å². The van der Waals surface area contributed by atoms with E-state index in [0.29, 0.717) is 12.1 Å². The molecule has 0 aromatic heterocycles. The van der Waals surface area contributed by atoms with Crippen LogP contribution in [-0.2, 0) is 5.92 Å². The summed E-state index contributed by atoms with van der Waals surface area (Å²) in [5.74, 6) is -5.70. The molecule has 1 aromatic carbocycles. The Kier molecular flexibility index (Phi) is 4.47. The smallest absolute Gasteiger partial charge is 0.382 e. The van der Waals surface area contributed by atoms with E-state index in [2.05, 4.69) is 10.5 Å². The highest BCUT2D eigenvalue weighted by Crippen LogP contribution is 2.44. The van der Waals surface area contributed by atoms with Gasteiger partial charge < -0.3 is 5.73 Å². The average Bonchev–Trinajstić information content (AvgIpc) is 2.38. The van der Waals surface area contributed by atoms with Gasteiger partial charge in [0.1, 0.15) is 6.07 Å². The second-order valence-corrected chi connectivity index (χ2v) is 3.75. The van der Waals surface area contributed by atoms with Gasteiger partial charge in [-0.3, -0.25) is 10.8 Å². The lowest BCUT2D eigenvalue weighted by atomic mass is 10.1.